The van der Waals surface area contributed by atoms with Gasteiger partial charge in [0, 0.05) is 27.2 Å². The maximum Gasteiger partial charge on any atom is 0.407 e. The average molecular weight is 876 g/mol. The van der Waals surface area contributed by atoms with Gasteiger partial charge in [-0.3, -0.25) is 9.59 Å². The molecule has 340 valence electrons. The Morgan fingerprint density at radius 1 is 0.672 bits per heavy atom. The Kier molecular flexibility index (Phi) is 12.7. The number of fused-ring (bicyclic) bond motifs is 2. The minimum absolute atomic E-state index is 0.0208. The van der Waals surface area contributed by atoms with Gasteiger partial charge in [0.25, 0.3) is 0 Å². The number of nitrogens with one attached hydrogen (secondary N) is 4. The van der Waals surface area contributed by atoms with E-state index in [0.717, 1.165) is 94.9 Å². The quantitative estimate of drug-likeness (QED) is 0.100. The lowest BCUT2D eigenvalue weighted by Crippen LogP contribution is -2.51. The Balaban J connectivity index is 1.08. The number of benzene rings is 2. The smallest absolute Gasteiger partial charge is 0.407 e. The highest BCUT2D eigenvalue weighted by Crippen LogP contribution is 2.48. The van der Waals surface area contributed by atoms with Crippen molar-refractivity contribution in [1.29, 1.82) is 0 Å². The molecule has 3 aromatic heterocycles. The van der Waals surface area contributed by atoms with E-state index in [9.17, 15) is 19.2 Å². The Bertz CT molecular complexity index is 2350. The van der Waals surface area contributed by atoms with Crippen LogP contribution in [0.2, 0.25) is 0 Å². The van der Waals surface area contributed by atoms with Crippen molar-refractivity contribution < 1.29 is 28.7 Å². The van der Waals surface area contributed by atoms with Crippen LogP contribution in [0.25, 0.3) is 22.1 Å². The number of amides is 4. The van der Waals surface area contributed by atoms with Gasteiger partial charge < -0.3 is 49.7 Å². The number of aromatic nitrogens is 5. The number of hydrogen-bond donors (Lipinski definition) is 4. The first-order valence-electron chi connectivity index (χ1n) is 22.5. The fourth-order valence-corrected chi connectivity index (χ4v) is 9.83. The fourth-order valence-electron chi connectivity index (χ4n) is 9.83. The lowest BCUT2D eigenvalue weighted by atomic mass is 10.0. The van der Waals surface area contributed by atoms with Gasteiger partial charge in [0.2, 0.25) is 11.8 Å². The average Bonchev–Trinajstić information content (AvgIpc) is 4.14. The molecule has 17 heteroatoms. The molecule has 4 N–H and O–H groups in total. The standard InChI is InChI=1S/C47H61N11O6/c1-26(2)40(53-46(61)63-7)44(59)56-21-9-11-37(56)42-49-31-16-13-28(23-33(31)51-42)35-18-19-36(58(35)30-15-20-39(48-25-30)55(5)6)29-14-17-32-34(24-29)52-43(50-32)38-12-10-22-57(38)45(60)41(27(3)4)54-47(62)64-8/h13-17,20,23-27,35-38,40-41H,9-12,18-19,21-22H2,1-8H3,(H,49,51)(H,50,52)(H,53,61)(H,54,62)/t35-,36?,37+,38+,40+,41+/m1/s1. The summed E-state index contributed by atoms with van der Waals surface area (Å²) in [5, 5.41) is 5.47. The summed E-state index contributed by atoms with van der Waals surface area (Å²) in [5.41, 5.74) is 6.74. The highest BCUT2D eigenvalue weighted by atomic mass is 16.5. The van der Waals surface area contributed by atoms with Crippen LogP contribution in [0, 0.1) is 11.8 Å². The van der Waals surface area contributed by atoms with Crippen molar-refractivity contribution in [3.05, 3.63) is 77.5 Å². The Labute approximate surface area is 373 Å². The van der Waals surface area contributed by atoms with E-state index < -0.39 is 24.3 Å². The van der Waals surface area contributed by atoms with Gasteiger partial charge in [-0.15, -0.1) is 0 Å². The zero-order valence-corrected chi connectivity index (χ0v) is 38.1. The summed E-state index contributed by atoms with van der Waals surface area (Å²) in [6, 6.07) is 15.1. The van der Waals surface area contributed by atoms with Crippen molar-refractivity contribution in [2.75, 3.05) is 51.2 Å². The molecule has 0 radical (unpaired) electrons. The number of ether oxygens (including phenoxy) is 2. The Hall–Kier alpha value is -6.39. The van der Waals surface area contributed by atoms with Crippen molar-refractivity contribution >= 4 is 57.6 Å². The number of carbonyl (C=O) groups excluding carboxylic acids is 4. The molecule has 6 atom stereocenters. The number of hydrogen-bond acceptors (Lipinski definition) is 11. The minimum Gasteiger partial charge on any atom is -0.453 e. The number of carbonyl (C=O) groups is 4. The van der Waals surface area contributed by atoms with Crippen molar-refractivity contribution in [3.8, 4) is 0 Å². The number of pyridine rings is 1. The van der Waals surface area contributed by atoms with Gasteiger partial charge in [0.15, 0.2) is 0 Å². The van der Waals surface area contributed by atoms with Gasteiger partial charge in [0.1, 0.15) is 29.6 Å². The van der Waals surface area contributed by atoms with Crippen LogP contribution in [0.5, 0.6) is 0 Å². The zero-order chi connectivity index (χ0) is 45.4. The molecule has 0 bridgehead atoms. The second kappa shape index (κ2) is 18.4. The zero-order valence-electron chi connectivity index (χ0n) is 38.1. The van der Waals surface area contributed by atoms with Gasteiger partial charge in [-0.1, -0.05) is 39.8 Å². The van der Waals surface area contributed by atoms with E-state index in [1.54, 1.807) is 0 Å². The summed E-state index contributed by atoms with van der Waals surface area (Å²) in [6.45, 7) is 8.81. The number of imidazole rings is 2. The van der Waals surface area contributed by atoms with Crippen LogP contribution in [0.4, 0.5) is 21.1 Å². The molecule has 17 nitrogen and oxygen atoms in total. The van der Waals surface area contributed by atoms with E-state index in [-0.39, 0.29) is 47.8 Å². The van der Waals surface area contributed by atoms with Crippen LogP contribution in [0.1, 0.15) is 113 Å². The van der Waals surface area contributed by atoms with Crippen molar-refractivity contribution in [3.63, 3.8) is 0 Å². The number of alkyl carbamates (subject to hydrolysis) is 2. The molecule has 3 aliphatic heterocycles. The molecule has 3 fully saturated rings. The Morgan fingerprint density at radius 3 is 1.53 bits per heavy atom. The predicted octanol–water partition coefficient (Wildman–Crippen LogP) is 7.07. The first-order chi connectivity index (χ1) is 30.8. The maximum atomic E-state index is 13.9. The lowest BCUT2D eigenvalue weighted by Gasteiger charge is -2.33. The van der Waals surface area contributed by atoms with Crippen LogP contribution in [-0.2, 0) is 19.1 Å². The molecule has 0 aliphatic carbocycles. The largest absolute Gasteiger partial charge is 0.453 e. The topological polar surface area (TPSA) is 194 Å². The summed E-state index contributed by atoms with van der Waals surface area (Å²) in [5.74, 6) is 1.80. The molecule has 8 rings (SSSR count). The number of H-pyrrole nitrogens is 2. The first-order valence-corrected chi connectivity index (χ1v) is 22.5. The van der Waals surface area contributed by atoms with Crippen molar-refractivity contribution in [1.82, 2.24) is 45.4 Å². The summed E-state index contributed by atoms with van der Waals surface area (Å²) in [7, 11) is 6.56. The molecule has 0 saturated carbocycles. The number of likely N-dealkylation sites (tertiary alicyclic amines) is 2. The molecule has 64 heavy (non-hydrogen) atoms. The molecule has 2 aromatic carbocycles. The van der Waals surface area contributed by atoms with E-state index >= 15 is 0 Å². The van der Waals surface area contributed by atoms with E-state index in [2.05, 4.69) is 74.0 Å². The summed E-state index contributed by atoms with van der Waals surface area (Å²) in [4.78, 5) is 82.2. The molecular weight excluding hydrogens is 815 g/mol. The lowest BCUT2D eigenvalue weighted by molar-refractivity contribution is -0.136. The van der Waals surface area contributed by atoms with E-state index in [1.807, 2.05) is 62.7 Å². The van der Waals surface area contributed by atoms with Gasteiger partial charge in [0.05, 0.1) is 72.3 Å². The van der Waals surface area contributed by atoms with Gasteiger partial charge in [-0.05, 0) is 97.9 Å². The van der Waals surface area contributed by atoms with Crippen molar-refractivity contribution in [2.45, 2.75) is 102 Å². The summed E-state index contributed by atoms with van der Waals surface area (Å²) in [6.07, 6.45) is 5.68. The highest BCUT2D eigenvalue weighted by Gasteiger charge is 2.40. The molecule has 6 heterocycles. The number of anilines is 2. The number of rotatable bonds is 12. The third kappa shape index (κ3) is 8.63. The van der Waals surface area contributed by atoms with E-state index in [1.165, 1.54) is 14.2 Å². The maximum absolute atomic E-state index is 13.9. The van der Waals surface area contributed by atoms with Crippen LogP contribution in [0.3, 0.4) is 0 Å². The molecule has 5 aromatic rings. The minimum atomic E-state index is -0.711. The highest BCUT2D eigenvalue weighted by molar-refractivity contribution is 5.87. The second-order valence-electron chi connectivity index (χ2n) is 18.2. The van der Waals surface area contributed by atoms with Crippen LogP contribution in [-0.4, -0.2) is 112 Å². The number of methoxy groups -OCH3 is 2. The molecular formula is C47H61N11O6. The number of nitrogens with zero attached hydrogens (tertiary/aromatic N) is 7. The molecule has 3 aliphatic rings. The monoisotopic (exact) mass is 875 g/mol. The number of aromatic amines is 2. The molecule has 1 unspecified atom stereocenters. The van der Waals surface area contributed by atoms with Gasteiger partial charge >= 0.3 is 12.2 Å². The van der Waals surface area contributed by atoms with Crippen LogP contribution >= 0.6 is 0 Å². The van der Waals surface area contributed by atoms with E-state index in [4.69, 9.17) is 24.4 Å². The first kappa shape index (κ1) is 44.2. The third-order valence-corrected chi connectivity index (χ3v) is 13.2. The van der Waals surface area contributed by atoms with E-state index in [0.29, 0.717) is 13.1 Å². The second-order valence-corrected chi connectivity index (χ2v) is 18.2. The van der Waals surface area contributed by atoms with Gasteiger partial charge in [-0.25, -0.2) is 24.5 Å². The molecule has 3 saturated heterocycles. The molecule has 0 spiro atoms. The van der Waals surface area contributed by atoms with Crippen LogP contribution < -0.4 is 20.4 Å². The normalized spacial score (nSPS) is 20.9. The fraction of sp³-hybridized carbons (Fsp3) is 0.511. The van der Waals surface area contributed by atoms with Crippen molar-refractivity contribution in [2.24, 2.45) is 11.8 Å². The van der Waals surface area contributed by atoms with Crippen LogP contribution in [0.15, 0.2) is 54.7 Å². The SMILES string of the molecule is COC(=O)N[C@H](C(=O)N1CCC[C@H]1c1nc2ccc(C3CC[C@H](c4ccc5nc([C@@H]6CCCN6C(=O)[C@@H](NC(=O)OC)C(C)C)[nH]c5c4)N3c3ccc(N(C)C)nc3)cc2[nH]1)C(C)C. The third-order valence-electron chi connectivity index (χ3n) is 13.2. The molecule has 4 amide bonds. The summed E-state index contributed by atoms with van der Waals surface area (Å²) < 4.78 is 9.65. The van der Waals surface area contributed by atoms with Gasteiger partial charge in [-0.2, -0.15) is 0 Å². The summed E-state index contributed by atoms with van der Waals surface area (Å²) >= 11 is 0. The Morgan fingerprint density at radius 2 is 1.14 bits per heavy atom. The predicted molar refractivity (Wildman–Crippen MR) is 244 cm³/mol.